The first-order valence-corrected chi connectivity index (χ1v) is 6.05. The maximum absolute atomic E-state index is 10.5. The average molecular weight is 244 g/mol. The maximum atomic E-state index is 10.5. The first-order valence-electron chi connectivity index (χ1n) is 5.07. The van der Waals surface area contributed by atoms with Crippen LogP contribution in [-0.2, 0) is 22.5 Å². The number of carbonyl (C=O) groups is 1. The van der Waals surface area contributed by atoms with Crippen molar-refractivity contribution in [3.63, 3.8) is 0 Å². The number of hydrogen-bond donors (Lipinski definition) is 1. The highest BCUT2D eigenvalue weighted by Crippen LogP contribution is 2.18. The molecule has 0 radical (unpaired) electrons. The third kappa shape index (κ3) is 3.53. The third-order valence-corrected chi connectivity index (χ3v) is 3.08. The summed E-state index contributed by atoms with van der Waals surface area (Å²) in [4.78, 5) is 14.7. The fourth-order valence-electron chi connectivity index (χ4n) is 1.34. The van der Waals surface area contributed by atoms with Crippen LogP contribution in [0.2, 0.25) is 0 Å². The van der Waals surface area contributed by atoms with Gasteiger partial charge in [-0.1, -0.05) is 18.7 Å². The van der Waals surface area contributed by atoms with Crippen LogP contribution >= 0.6 is 11.8 Å². The molecule has 0 atom stereocenters. The number of imidazole rings is 1. The van der Waals surface area contributed by atoms with Crippen LogP contribution in [0.25, 0.3) is 0 Å². The van der Waals surface area contributed by atoms with E-state index in [1.165, 1.54) is 11.8 Å². The van der Waals surface area contributed by atoms with E-state index >= 15 is 0 Å². The van der Waals surface area contributed by atoms with E-state index in [1.807, 2.05) is 11.5 Å². The normalized spacial score (nSPS) is 10.6. The summed E-state index contributed by atoms with van der Waals surface area (Å²) in [6.07, 6.45) is 2.67. The number of aromatic nitrogens is 2. The highest BCUT2D eigenvalue weighted by atomic mass is 32.2. The fraction of sp³-hybridized carbons (Fsp3) is 0.600. The minimum absolute atomic E-state index is 0.0349. The predicted molar refractivity (Wildman–Crippen MR) is 61.8 cm³/mol. The second-order valence-corrected chi connectivity index (χ2v) is 4.16. The zero-order chi connectivity index (χ0) is 12.0. The van der Waals surface area contributed by atoms with Crippen molar-refractivity contribution in [1.82, 2.24) is 9.55 Å². The van der Waals surface area contributed by atoms with Crippen molar-refractivity contribution in [1.29, 1.82) is 0 Å². The Morgan fingerprint density at radius 1 is 1.69 bits per heavy atom. The Labute approximate surface area is 98.8 Å². The summed E-state index contributed by atoms with van der Waals surface area (Å²) in [5.74, 6) is -0.794. The van der Waals surface area contributed by atoms with Gasteiger partial charge in [0.25, 0.3) is 0 Å². The molecule has 1 rings (SSSR count). The molecule has 1 heterocycles. The number of thioether (sulfide) groups is 1. The van der Waals surface area contributed by atoms with E-state index in [1.54, 1.807) is 13.3 Å². The first-order chi connectivity index (χ1) is 7.69. The van der Waals surface area contributed by atoms with Gasteiger partial charge in [0.05, 0.1) is 12.4 Å². The van der Waals surface area contributed by atoms with Crippen LogP contribution < -0.4 is 0 Å². The van der Waals surface area contributed by atoms with Crippen molar-refractivity contribution in [3.05, 3.63) is 11.9 Å². The Kier molecular flexibility index (Phi) is 5.34. The van der Waals surface area contributed by atoms with Gasteiger partial charge in [-0.2, -0.15) is 0 Å². The number of aryl methyl sites for hydroxylation is 1. The molecule has 0 bridgehead atoms. The number of aliphatic carboxylic acids is 1. The lowest BCUT2D eigenvalue weighted by Gasteiger charge is -2.09. The van der Waals surface area contributed by atoms with Crippen molar-refractivity contribution < 1.29 is 14.6 Å². The summed E-state index contributed by atoms with van der Waals surface area (Å²) >= 11 is 1.24. The summed E-state index contributed by atoms with van der Waals surface area (Å²) in [6, 6.07) is 0. The summed E-state index contributed by atoms with van der Waals surface area (Å²) in [5, 5.41) is 9.37. The molecule has 0 unspecified atom stereocenters. The van der Waals surface area contributed by atoms with Crippen molar-refractivity contribution in [2.24, 2.45) is 0 Å². The van der Waals surface area contributed by atoms with Crippen molar-refractivity contribution >= 4 is 17.7 Å². The van der Waals surface area contributed by atoms with Crippen LogP contribution in [0.3, 0.4) is 0 Å². The molecule has 90 valence electrons. The van der Waals surface area contributed by atoms with Crippen molar-refractivity contribution in [2.45, 2.75) is 25.0 Å². The SMILES string of the molecule is CCc1cnc(SCC(=O)O)n1CCOC. The number of nitrogens with zero attached hydrogens (tertiary/aromatic N) is 2. The van der Waals surface area contributed by atoms with E-state index in [0.29, 0.717) is 13.2 Å². The Morgan fingerprint density at radius 3 is 3.00 bits per heavy atom. The molecule has 5 nitrogen and oxygen atoms in total. The molecule has 0 aromatic carbocycles. The molecule has 0 saturated heterocycles. The van der Waals surface area contributed by atoms with Gasteiger partial charge in [0.1, 0.15) is 0 Å². The molecule has 0 fully saturated rings. The first kappa shape index (κ1) is 13.1. The molecule has 0 aliphatic carbocycles. The van der Waals surface area contributed by atoms with Crippen molar-refractivity contribution in [2.75, 3.05) is 19.5 Å². The lowest BCUT2D eigenvalue weighted by molar-refractivity contribution is -0.133. The molecule has 1 N–H and O–H groups in total. The summed E-state index contributed by atoms with van der Waals surface area (Å²) in [6.45, 7) is 3.36. The number of ether oxygens (including phenoxy) is 1. The predicted octanol–water partition coefficient (Wildman–Crippen LogP) is 1.27. The average Bonchev–Trinajstić information content (AvgIpc) is 2.65. The molecule has 0 amide bonds. The second-order valence-electron chi connectivity index (χ2n) is 3.21. The lowest BCUT2D eigenvalue weighted by atomic mass is 10.3. The van der Waals surface area contributed by atoms with Crippen LogP contribution in [0.4, 0.5) is 0 Å². The molecule has 0 spiro atoms. The molecule has 1 aromatic rings. The monoisotopic (exact) mass is 244 g/mol. The largest absolute Gasteiger partial charge is 0.481 e. The van der Waals surface area contributed by atoms with Crippen LogP contribution in [0.15, 0.2) is 11.4 Å². The van der Waals surface area contributed by atoms with Gasteiger partial charge in [-0.25, -0.2) is 4.98 Å². The Hall–Kier alpha value is -1.01. The van der Waals surface area contributed by atoms with E-state index in [2.05, 4.69) is 4.98 Å². The van der Waals surface area contributed by atoms with Crippen LogP contribution in [0.5, 0.6) is 0 Å². The molecule has 1 aromatic heterocycles. The molecule has 16 heavy (non-hydrogen) atoms. The van der Waals surface area contributed by atoms with Gasteiger partial charge >= 0.3 is 5.97 Å². The van der Waals surface area contributed by atoms with Gasteiger partial charge in [0.15, 0.2) is 5.16 Å². The van der Waals surface area contributed by atoms with Gasteiger partial charge in [-0.3, -0.25) is 4.79 Å². The smallest absolute Gasteiger partial charge is 0.313 e. The molecule has 6 heteroatoms. The number of rotatable bonds is 7. The third-order valence-electron chi connectivity index (χ3n) is 2.11. The Balaban J connectivity index is 2.73. The molecule has 0 aliphatic rings. The standard InChI is InChI=1S/C10H16N2O3S/c1-3-8-6-11-10(16-7-9(13)14)12(8)4-5-15-2/h6H,3-5,7H2,1-2H3,(H,13,14). The number of carboxylic acids is 1. The van der Waals surface area contributed by atoms with Gasteiger partial charge in [-0.05, 0) is 6.42 Å². The van der Waals surface area contributed by atoms with Crippen molar-refractivity contribution in [3.8, 4) is 0 Å². The van der Waals surface area contributed by atoms with Gasteiger partial charge in [0, 0.05) is 25.5 Å². The quantitative estimate of drug-likeness (QED) is 0.732. The topological polar surface area (TPSA) is 64.3 Å². The molecule has 0 saturated carbocycles. The number of hydrogen-bond acceptors (Lipinski definition) is 4. The highest BCUT2D eigenvalue weighted by Gasteiger charge is 2.10. The molecular weight excluding hydrogens is 228 g/mol. The summed E-state index contributed by atoms with van der Waals surface area (Å²) in [7, 11) is 1.65. The zero-order valence-corrected chi connectivity index (χ0v) is 10.3. The van der Waals surface area contributed by atoms with E-state index in [9.17, 15) is 4.79 Å². The van der Waals surface area contributed by atoms with Gasteiger partial charge in [-0.15, -0.1) is 0 Å². The zero-order valence-electron chi connectivity index (χ0n) is 9.47. The van der Waals surface area contributed by atoms with E-state index < -0.39 is 5.97 Å². The van der Waals surface area contributed by atoms with E-state index in [0.717, 1.165) is 17.3 Å². The molecular formula is C10H16N2O3S. The minimum Gasteiger partial charge on any atom is -0.481 e. The minimum atomic E-state index is -0.829. The Morgan fingerprint density at radius 2 is 2.44 bits per heavy atom. The summed E-state index contributed by atoms with van der Waals surface area (Å²) in [5.41, 5.74) is 1.10. The fourth-order valence-corrected chi connectivity index (χ4v) is 2.08. The van der Waals surface area contributed by atoms with E-state index in [4.69, 9.17) is 9.84 Å². The molecule has 0 aliphatic heterocycles. The lowest BCUT2D eigenvalue weighted by Crippen LogP contribution is -2.09. The second kappa shape index (κ2) is 6.55. The van der Waals surface area contributed by atoms with Crippen LogP contribution in [0, 0.1) is 0 Å². The van der Waals surface area contributed by atoms with Crippen LogP contribution in [-0.4, -0.2) is 40.1 Å². The number of carboxylic acid groups (broad SMARTS) is 1. The Bertz CT molecular complexity index is 352. The highest BCUT2D eigenvalue weighted by molar-refractivity contribution is 7.99. The maximum Gasteiger partial charge on any atom is 0.313 e. The number of methoxy groups -OCH3 is 1. The van der Waals surface area contributed by atoms with Gasteiger partial charge < -0.3 is 14.4 Å². The summed E-state index contributed by atoms with van der Waals surface area (Å²) < 4.78 is 7.03. The van der Waals surface area contributed by atoms with E-state index in [-0.39, 0.29) is 5.75 Å². The van der Waals surface area contributed by atoms with Gasteiger partial charge in [0.2, 0.25) is 0 Å². The van der Waals surface area contributed by atoms with Crippen LogP contribution in [0.1, 0.15) is 12.6 Å².